The first kappa shape index (κ1) is 15.2. The number of nitrogens with one attached hydrogen (secondary N) is 1. The lowest BCUT2D eigenvalue weighted by Gasteiger charge is -2.13. The van der Waals surface area contributed by atoms with Crippen molar-refractivity contribution in [2.45, 2.75) is 32.4 Å². The van der Waals surface area contributed by atoms with Gasteiger partial charge in [0, 0.05) is 24.2 Å². The highest BCUT2D eigenvalue weighted by atomic mass is 32.1. The van der Waals surface area contributed by atoms with Gasteiger partial charge in [-0.3, -0.25) is 0 Å². The van der Waals surface area contributed by atoms with Gasteiger partial charge in [0.2, 0.25) is 0 Å². The van der Waals surface area contributed by atoms with Crippen LogP contribution in [0, 0.1) is 0 Å². The third-order valence-corrected chi connectivity index (χ3v) is 4.45. The number of nitrogens with zero attached hydrogens (tertiary/aromatic N) is 1. The number of thiazole rings is 1. The van der Waals surface area contributed by atoms with Crippen molar-refractivity contribution in [3.05, 3.63) is 52.0 Å². The first-order valence-electron chi connectivity index (χ1n) is 7.03. The molecule has 1 N–H and O–H groups in total. The highest BCUT2D eigenvalue weighted by Gasteiger charge is 2.18. The fourth-order valence-electron chi connectivity index (χ4n) is 2.09. The van der Waals surface area contributed by atoms with Crippen LogP contribution < -0.4 is 5.32 Å². The van der Waals surface area contributed by atoms with Crippen LogP contribution >= 0.6 is 11.3 Å². The van der Waals surface area contributed by atoms with Crippen molar-refractivity contribution in [1.29, 1.82) is 0 Å². The smallest absolute Gasteiger partial charge is 0.134 e. The van der Waals surface area contributed by atoms with E-state index in [-0.39, 0.29) is 6.10 Å². The number of ether oxygens (including phenoxy) is 1. The quantitative estimate of drug-likeness (QED) is 0.838. The van der Waals surface area contributed by atoms with Gasteiger partial charge in [0.25, 0.3) is 0 Å². The molecule has 108 valence electrons. The van der Waals surface area contributed by atoms with E-state index >= 15 is 0 Å². The summed E-state index contributed by atoms with van der Waals surface area (Å²) in [5, 5.41) is 4.50. The minimum Gasteiger partial charge on any atom is -0.370 e. The SMILES string of the molecule is CCCNC(C)c1cnc(C(OC)c2ccccc2)s1. The molecule has 0 saturated carbocycles. The fraction of sp³-hybridized carbons (Fsp3) is 0.438. The van der Waals surface area contributed by atoms with Crippen molar-refractivity contribution in [2.24, 2.45) is 0 Å². The molecule has 0 saturated heterocycles. The molecule has 2 rings (SSSR count). The molecule has 1 heterocycles. The van der Waals surface area contributed by atoms with E-state index in [0.29, 0.717) is 6.04 Å². The van der Waals surface area contributed by atoms with Crippen molar-refractivity contribution >= 4 is 11.3 Å². The molecule has 0 bridgehead atoms. The minimum absolute atomic E-state index is 0.0756. The summed E-state index contributed by atoms with van der Waals surface area (Å²) in [6.07, 6.45) is 3.02. The van der Waals surface area contributed by atoms with Gasteiger partial charge in [0.1, 0.15) is 11.1 Å². The van der Waals surface area contributed by atoms with Gasteiger partial charge in [-0.2, -0.15) is 0 Å². The lowest BCUT2D eigenvalue weighted by atomic mass is 10.1. The summed E-state index contributed by atoms with van der Waals surface area (Å²) < 4.78 is 5.62. The van der Waals surface area contributed by atoms with Crippen molar-refractivity contribution in [3.8, 4) is 0 Å². The topological polar surface area (TPSA) is 34.2 Å². The molecule has 2 atom stereocenters. The van der Waals surface area contributed by atoms with E-state index in [1.807, 2.05) is 24.4 Å². The highest BCUT2D eigenvalue weighted by molar-refractivity contribution is 7.11. The summed E-state index contributed by atoms with van der Waals surface area (Å²) in [4.78, 5) is 5.80. The predicted molar refractivity (Wildman–Crippen MR) is 84.1 cm³/mol. The Morgan fingerprint density at radius 1 is 1.30 bits per heavy atom. The molecule has 0 spiro atoms. The predicted octanol–water partition coefficient (Wildman–Crippen LogP) is 3.94. The molecule has 0 aliphatic carbocycles. The molecule has 4 heteroatoms. The summed E-state index contributed by atoms with van der Waals surface area (Å²) in [7, 11) is 1.73. The largest absolute Gasteiger partial charge is 0.370 e. The van der Waals surface area contributed by atoms with Gasteiger partial charge < -0.3 is 10.1 Å². The molecule has 1 aromatic heterocycles. The normalized spacial score (nSPS) is 14.2. The van der Waals surface area contributed by atoms with Crippen LogP contribution in [0.25, 0.3) is 0 Å². The molecule has 0 aliphatic heterocycles. The Bertz CT molecular complexity index is 512. The molecular weight excluding hydrogens is 268 g/mol. The summed E-state index contributed by atoms with van der Waals surface area (Å²) in [5.41, 5.74) is 1.14. The molecule has 20 heavy (non-hydrogen) atoms. The number of hydrogen-bond acceptors (Lipinski definition) is 4. The average molecular weight is 290 g/mol. The van der Waals surface area contributed by atoms with Crippen LogP contribution in [-0.4, -0.2) is 18.6 Å². The summed E-state index contributed by atoms with van der Waals surface area (Å²) in [6, 6.07) is 10.6. The summed E-state index contributed by atoms with van der Waals surface area (Å²) in [5.74, 6) is 0. The first-order valence-corrected chi connectivity index (χ1v) is 7.84. The molecule has 2 aromatic rings. The molecule has 0 amide bonds. The summed E-state index contributed by atoms with van der Waals surface area (Å²) >= 11 is 1.72. The van der Waals surface area contributed by atoms with E-state index in [1.54, 1.807) is 18.4 Å². The Balaban J connectivity index is 2.14. The van der Waals surface area contributed by atoms with Gasteiger partial charge in [-0.25, -0.2) is 4.98 Å². The van der Waals surface area contributed by atoms with E-state index in [0.717, 1.165) is 23.5 Å². The lowest BCUT2D eigenvalue weighted by Crippen LogP contribution is -2.18. The van der Waals surface area contributed by atoms with Crippen LogP contribution in [0.4, 0.5) is 0 Å². The number of benzene rings is 1. The van der Waals surface area contributed by atoms with Gasteiger partial charge in [-0.1, -0.05) is 37.3 Å². The first-order chi connectivity index (χ1) is 9.76. The van der Waals surface area contributed by atoms with Gasteiger partial charge in [-0.05, 0) is 25.5 Å². The third-order valence-electron chi connectivity index (χ3n) is 3.23. The second kappa shape index (κ2) is 7.53. The van der Waals surface area contributed by atoms with Gasteiger partial charge in [0.05, 0.1) is 0 Å². The van der Waals surface area contributed by atoms with E-state index in [9.17, 15) is 0 Å². The number of rotatable bonds is 7. The number of methoxy groups -OCH3 is 1. The maximum atomic E-state index is 5.62. The Morgan fingerprint density at radius 3 is 2.70 bits per heavy atom. The molecular formula is C16H22N2OS. The van der Waals surface area contributed by atoms with E-state index in [1.165, 1.54) is 4.88 Å². The standard InChI is InChI=1S/C16H22N2OS/c1-4-10-17-12(2)14-11-18-16(20-14)15(19-3)13-8-6-5-7-9-13/h5-9,11-12,15,17H,4,10H2,1-3H3. The van der Waals surface area contributed by atoms with Crippen molar-refractivity contribution in [2.75, 3.05) is 13.7 Å². The van der Waals surface area contributed by atoms with Crippen LogP contribution in [0.5, 0.6) is 0 Å². The molecule has 0 radical (unpaired) electrons. The maximum absolute atomic E-state index is 5.62. The second-order valence-electron chi connectivity index (χ2n) is 4.80. The van der Waals surface area contributed by atoms with Crippen LogP contribution in [-0.2, 0) is 4.74 Å². The molecule has 0 aliphatic rings. The van der Waals surface area contributed by atoms with Crippen LogP contribution in [0.1, 0.15) is 47.9 Å². The Labute approximate surface area is 125 Å². The molecule has 3 nitrogen and oxygen atoms in total. The third kappa shape index (κ3) is 3.66. The zero-order valence-electron chi connectivity index (χ0n) is 12.3. The average Bonchev–Trinajstić information content (AvgIpc) is 2.96. The molecule has 2 unspecified atom stereocenters. The van der Waals surface area contributed by atoms with Crippen molar-refractivity contribution in [3.63, 3.8) is 0 Å². The number of hydrogen-bond donors (Lipinski definition) is 1. The minimum atomic E-state index is -0.0756. The van der Waals surface area contributed by atoms with Gasteiger partial charge in [0.15, 0.2) is 0 Å². The van der Waals surface area contributed by atoms with E-state index in [2.05, 4.69) is 36.3 Å². The highest BCUT2D eigenvalue weighted by Crippen LogP contribution is 2.31. The second-order valence-corrected chi connectivity index (χ2v) is 5.90. The Morgan fingerprint density at radius 2 is 2.05 bits per heavy atom. The van der Waals surface area contributed by atoms with Gasteiger partial charge in [-0.15, -0.1) is 11.3 Å². The van der Waals surface area contributed by atoms with Gasteiger partial charge >= 0.3 is 0 Å². The number of aromatic nitrogens is 1. The summed E-state index contributed by atoms with van der Waals surface area (Å²) in [6.45, 7) is 5.38. The van der Waals surface area contributed by atoms with Crippen LogP contribution in [0.2, 0.25) is 0 Å². The maximum Gasteiger partial charge on any atom is 0.134 e. The van der Waals surface area contributed by atoms with E-state index < -0.39 is 0 Å². The molecule has 1 aromatic carbocycles. The zero-order valence-corrected chi connectivity index (χ0v) is 13.1. The molecule has 0 fully saturated rings. The van der Waals surface area contributed by atoms with Crippen molar-refractivity contribution in [1.82, 2.24) is 10.3 Å². The zero-order chi connectivity index (χ0) is 14.4. The van der Waals surface area contributed by atoms with E-state index in [4.69, 9.17) is 4.74 Å². The van der Waals surface area contributed by atoms with Crippen LogP contribution in [0.3, 0.4) is 0 Å². The van der Waals surface area contributed by atoms with Crippen molar-refractivity contribution < 1.29 is 4.74 Å². The fourth-order valence-corrected chi connectivity index (χ4v) is 3.14. The Kier molecular flexibility index (Phi) is 5.71. The monoisotopic (exact) mass is 290 g/mol. The van der Waals surface area contributed by atoms with Crippen LogP contribution in [0.15, 0.2) is 36.5 Å². The lowest BCUT2D eigenvalue weighted by molar-refractivity contribution is 0.136. The Hall–Kier alpha value is -1.23.